The Labute approximate surface area is 208 Å². The lowest BCUT2D eigenvalue weighted by molar-refractivity contribution is -0.0530. The molecule has 1 aliphatic rings. The maximum Gasteiger partial charge on any atom is 0.340 e. The maximum atomic E-state index is 12.8. The lowest BCUT2D eigenvalue weighted by Crippen LogP contribution is -2.42. The third-order valence-corrected chi connectivity index (χ3v) is 8.73. The molecule has 1 unspecified atom stereocenters. The third kappa shape index (κ3) is 7.45. The number of nitrogens with two attached hydrogens (primary N) is 1. The summed E-state index contributed by atoms with van der Waals surface area (Å²) in [4.78, 5) is 56.5. The van der Waals surface area contributed by atoms with Crippen LogP contribution in [0.4, 0.5) is 0 Å². The minimum atomic E-state index is -4.86. The Balaban J connectivity index is 1.69. The van der Waals surface area contributed by atoms with Crippen LogP contribution in [0, 0.1) is 0 Å². The van der Waals surface area contributed by atoms with Gasteiger partial charge in [-0.15, -0.1) is 0 Å². The molecule has 1 saturated heterocycles. The molecule has 1 aromatic carbocycles. The Hall–Kier alpha value is -2.65. The zero-order valence-electron chi connectivity index (χ0n) is 19.3. The number of aliphatic hydroxyl groups is 2. The van der Waals surface area contributed by atoms with Crippen LogP contribution in [-0.4, -0.2) is 70.8 Å². The largest absolute Gasteiger partial charge is 0.389 e. The molecule has 0 saturated carbocycles. The molecule has 1 fully saturated rings. The van der Waals surface area contributed by atoms with Crippen molar-refractivity contribution in [2.24, 2.45) is 17.9 Å². The predicted molar refractivity (Wildman–Crippen MR) is 124 cm³/mol. The fraction of sp³-hybridized carbons (Fsp3) is 0.421. The number of hydrogen-bond donors (Lipinski definition) is 6. The van der Waals surface area contributed by atoms with Crippen LogP contribution in [0.25, 0.3) is 0 Å². The van der Waals surface area contributed by atoms with Crippen LogP contribution >= 0.6 is 15.2 Å². The molecule has 2 aromatic rings. The first-order chi connectivity index (χ1) is 17.2. The van der Waals surface area contributed by atoms with E-state index in [2.05, 4.69) is 9.68 Å². The summed E-state index contributed by atoms with van der Waals surface area (Å²) in [6.07, 6.45) is -4.87. The predicted octanol–water partition coefficient (Wildman–Crippen LogP) is -1.73. The molecule has 5 atom stereocenters. The molecule has 2 heterocycles. The minimum Gasteiger partial charge on any atom is -0.389 e. The van der Waals surface area contributed by atoms with E-state index >= 15 is 0 Å². The van der Waals surface area contributed by atoms with Gasteiger partial charge in [-0.05, 0) is 17.7 Å². The molecule has 3 rings (SSSR count). The van der Waals surface area contributed by atoms with E-state index in [1.54, 1.807) is 12.1 Å². The van der Waals surface area contributed by atoms with Crippen LogP contribution in [-0.2, 0) is 36.9 Å². The van der Waals surface area contributed by atoms with Crippen molar-refractivity contribution in [2.75, 3.05) is 12.5 Å². The number of hydrogen-bond acceptors (Lipinski definition) is 10. The zero-order valence-corrected chi connectivity index (χ0v) is 21.1. The number of primary amides is 1. The molecule has 16 nitrogen and oxygen atoms in total. The number of aliphatic hydroxyl groups excluding tert-OH is 2. The van der Waals surface area contributed by atoms with Crippen LogP contribution in [0.1, 0.15) is 22.1 Å². The number of ether oxygens (including phenoxy) is 1. The average molecular weight is 564 g/mol. The fourth-order valence-corrected chi connectivity index (χ4v) is 5.95. The van der Waals surface area contributed by atoms with E-state index in [-0.39, 0.29) is 12.1 Å². The SMILES string of the molecule is Cn1c(=NOCc2ccc(C(N)=O)cc2)ccn([C@@H]2O[C@H](COP(=O)(O)CP(=O)(O)O)[C@@H](O)[C@H]2O)c1=O. The van der Waals surface area contributed by atoms with Gasteiger partial charge in [0, 0.05) is 24.9 Å². The first-order valence-corrected chi connectivity index (χ1v) is 14.1. The molecule has 204 valence electrons. The smallest absolute Gasteiger partial charge is 0.340 e. The summed E-state index contributed by atoms with van der Waals surface area (Å²) in [5.74, 6) is -2.00. The van der Waals surface area contributed by atoms with Gasteiger partial charge >= 0.3 is 20.9 Å². The van der Waals surface area contributed by atoms with E-state index in [9.17, 15) is 33.8 Å². The van der Waals surface area contributed by atoms with E-state index in [4.69, 9.17) is 25.1 Å². The van der Waals surface area contributed by atoms with Crippen molar-refractivity contribution < 1.29 is 52.9 Å². The summed E-state index contributed by atoms with van der Waals surface area (Å²) in [7, 11) is -8.22. The van der Waals surface area contributed by atoms with Gasteiger partial charge in [0.1, 0.15) is 24.9 Å². The highest BCUT2D eigenvalue weighted by Crippen LogP contribution is 2.55. The number of carbonyl (C=O) groups is 1. The van der Waals surface area contributed by atoms with Crippen molar-refractivity contribution in [2.45, 2.75) is 31.1 Å². The summed E-state index contributed by atoms with van der Waals surface area (Å²) >= 11 is 0. The Morgan fingerprint density at radius 3 is 2.38 bits per heavy atom. The van der Waals surface area contributed by atoms with E-state index < -0.39 is 63.8 Å². The quantitative estimate of drug-likeness (QED) is 0.139. The number of carbonyl (C=O) groups excluding carboxylic acids is 1. The zero-order chi connectivity index (χ0) is 27.5. The Morgan fingerprint density at radius 1 is 1.14 bits per heavy atom. The number of nitrogens with zero attached hydrogens (tertiary/aromatic N) is 3. The molecule has 0 bridgehead atoms. The minimum absolute atomic E-state index is 0.0250. The standard InChI is InChI=1S/C19H26N4O12P2/c1-22-14(21-33-8-11-2-4-12(5-3-11)17(20)26)6-7-23(19(22)27)18-16(25)15(24)13(35-18)9-34-37(31,32)10-36(28,29)30/h2-7,13,15-16,18,24-25H,8-10H2,1H3,(H2,20,26)(H,31,32)(H2,28,29,30)/t13-,15-,16-,18-/m1/s1. The number of amides is 1. The van der Waals surface area contributed by atoms with Crippen LogP contribution in [0.15, 0.2) is 46.5 Å². The van der Waals surface area contributed by atoms with Gasteiger partial charge in [0.25, 0.3) is 0 Å². The van der Waals surface area contributed by atoms with Gasteiger partial charge in [-0.2, -0.15) is 0 Å². The third-order valence-electron chi connectivity index (χ3n) is 5.28. The summed E-state index contributed by atoms with van der Waals surface area (Å²) < 4.78 is 34.9. The van der Waals surface area contributed by atoms with Gasteiger partial charge < -0.3 is 44.7 Å². The molecular weight excluding hydrogens is 538 g/mol. The topological polar surface area (TPSA) is 245 Å². The summed E-state index contributed by atoms with van der Waals surface area (Å²) in [6.45, 7) is -0.762. The van der Waals surface area contributed by atoms with Gasteiger partial charge in [-0.25, -0.2) is 4.79 Å². The van der Waals surface area contributed by atoms with Crippen LogP contribution < -0.4 is 16.9 Å². The van der Waals surface area contributed by atoms with Gasteiger partial charge in [0.15, 0.2) is 17.6 Å². The lowest BCUT2D eigenvalue weighted by atomic mass is 10.1. The second kappa shape index (κ2) is 11.4. The molecule has 0 spiro atoms. The monoisotopic (exact) mass is 564 g/mol. The second-order valence-electron chi connectivity index (χ2n) is 8.13. The summed E-state index contributed by atoms with van der Waals surface area (Å²) in [6, 6.07) is 7.67. The molecule has 7 N–H and O–H groups in total. The van der Waals surface area contributed by atoms with Crippen molar-refractivity contribution in [3.05, 3.63) is 63.6 Å². The van der Waals surface area contributed by atoms with Gasteiger partial charge in [0.2, 0.25) is 5.91 Å². The fourth-order valence-electron chi connectivity index (χ4n) is 3.38. The first kappa shape index (κ1) is 28.9. The van der Waals surface area contributed by atoms with E-state index in [1.165, 1.54) is 31.4 Å². The highest BCUT2D eigenvalue weighted by molar-refractivity contribution is 7.70. The van der Waals surface area contributed by atoms with E-state index in [0.717, 1.165) is 9.13 Å². The van der Waals surface area contributed by atoms with Crippen LogP contribution in [0.5, 0.6) is 0 Å². The molecule has 37 heavy (non-hydrogen) atoms. The Morgan fingerprint density at radius 2 is 1.78 bits per heavy atom. The van der Waals surface area contributed by atoms with Crippen molar-refractivity contribution in [3.8, 4) is 0 Å². The van der Waals surface area contributed by atoms with Crippen molar-refractivity contribution in [3.63, 3.8) is 0 Å². The average Bonchev–Trinajstić information content (AvgIpc) is 3.08. The Bertz CT molecular complexity index is 1350. The van der Waals surface area contributed by atoms with Gasteiger partial charge in [-0.1, -0.05) is 17.3 Å². The van der Waals surface area contributed by atoms with Crippen LogP contribution in [0.3, 0.4) is 0 Å². The molecule has 0 aliphatic carbocycles. The van der Waals surface area contributed by atoms with Gasteiger partial charge in [-0.3, -0.25) is 23.1 Å². The highest BCUT2D eigenvalue weighted by atomic mass is 31.2. The van der Waals surface area contributed by atoms with E-state index in [0.29, 0.717) is 11.1 Å². The molecule has 18 heteroatoms. The molecule has 0 radical (unpaired) electrons. The molecule has 1 aliphatic heterocycles. The van der Waals surface area contributed by atoms with E-state index in [1.807, 2.05) is 0 Å². The number of benzene rings is 1. The molecular formula is C19H26N4O12P2. The second-order valence-corrected chi connectivity index (χ2v) is 12.1. The lowest BCUT2D eigenvalue weighted by Gasteiger charge is -2.19. The summed E-state index contributed by atoms with van der Waals surface area (Å²) in [5, 5.41) is 24.5. The van der Waals surface area contributed by atoms with Crippen LogP contribution in [0.2, 0.25) is 0 Å². The normalized spacial score (nSPS) is 24.1. The molecule has 1 amide bonds. The highest BCUT2D eigenvalue weighted by Gasteiger charge is 2.45. The maximum absolute atomic E-state index is 12.8. The molecule has 1 aromatic heterocycles. The van der Waals surface area contributed by atoms with Crippen molar-refractivity contribution in [1.82, 2.24) is 9.13 Å². The summed E-state index contributed by atoms with van der Waals surface area (Å²) in [5.41, 5.74) is 5.58. The van der Waals surface area contributed by atoms with Gasteiger partial charge in [0.05, 0.1) is 6.61 Å². The first-order valence-electron chi connectivity index (χ1n) is 10.5. The number of aromatic nitrogens is 2. The number of rotatable bonds is 10. The van der Waals surface area contributed by atoms with Crippen molar-refractivity contribution in [1.29, 1.82) is 0 Å². The van der Waals surface area contributed by atoms with Crippen molar-refractivity contribution >= 4 is 21.1 Å². The Kier molecular flexibility index (Phi) is 8.90.